The van der Waals surface area contributed by atoms with Gasteiger partial charge in [0.05, 0.1) is 6.42 Å². The molecule has 9 heteroatoms. The number of ether oxygens (including phenoxy) is 1. The topological polar surface area (TPSA) is 125 Å². The first-order valence-corrected chi connectivity index (χ1v) is 10.3. The average Bonchev–Trinajstić information content (AvgIpc) is 3.11. The minimum absolute atomic E-state index is 0.102. The molecule has 2 aromatic carbocycles. The van der Waals surface area contributed by atoms with Crippen LogP contribution < -0.4 is 10.6 Å². The fourth-order valence-corrected chi connectivity index (χ4v) is 4.28. The molecule has 0 saturated carbocycles. The van der Waals surface area contributed by atoms with E-state index in [1.165, 1.54) is 4.90 Å². The van der Waals surface area contributed by atoms with Gasteiger partial charge >= 0.3 is 12.1 Å². The number of alkyl carbamates (subject to hydrolysis) is 1. The monoisotopic (exact) mass is 437 g/mol. The van der Waals surface area contributed by atoms with E-state index >= 15 is 0 Å². The fourth-order valence-electron chi connectivity index (χ4n) is 4.28. The van der Waals surface area contributed by atoms with E-state index in [4.69, 9.17) is 9.84 Å². The van der Waals surface area contributed by atoms with Crippen molar-refractivity contribution in [2.24, 2.45) is 0 Å². The second-order valence-corrected chi connectivity index (χ2v) is 7.67. The molecule has 0 radical (unpaired) electrons. The van der Waals surface area contributed by atoms with Crippen LogP contribution in [0.15, 0.2) is 48.5 Å². The Hall–Kier alpha value is -3.88. The van der Waals surface area contributed by atoms with Crippen LogP contribution in [0.5, 0.6) is 0 Å². The minimum Gasteiger partial charge on any atom is -0.481 e. The van der Waals surface area contributed by atoms with Crippen molar-refractivity contribution >= 4 is 23.9 Å². The lowest BCUT2D eigenvalue weighted by Crippen LogP contribution is -2.59. The lowest BCUT2D eigenvalue weighted by molar-refractivity contribution is -0.148. The van der Waals surface area contributed by atoms with Gasteiger partial charge in [0.15, 0.2) is 0 Å². The smallest absolute Gasteiger partial charge is 0.407 e. The molecule has 2 aromatic rings. The predicted molar refractivity (Wildman–Crippen MR) is 114 cm³/mol. The van der Waals surface area contributed by atoms with Gasteiger partial charge in [0.25, 0.3) is 0 Å². The molecule has 0 bridgehead atoms. The number of amides is 3. The van der Waals surface area contributed by atoms with Gasteiger partial charge in [0, 0.05) is 19.0 Å². The first kappa shape index (κ1) is 21.4. The Bertz CT molecular complexity index is 1020. The SMILES string of the molecule is O=C(O)CC1C(=O)NCCN1C(=O)CNC(=O)OCC1c2ccccc2-c2ccccc21. The van der Waals surface area contributed by atoms with Crippen molar-refractivity contribution in [3.63, 3.8) is 0 Å². The molecular weight excluding hydrogens is 414 g/mol. The molecule has 166 valence electrons. The lowest BCUT2D eigenvalue weighted by atomic mass is 9.98. The maximum atomic E-state index is 12.5. The van der Waals surface area contributed by atoms with Crippen LogP contribution in [0.1, 0.15) is 23.5 Å². The number of hydrogen-bond donors (Lipinski definition) is 3. The minimum atomic E-state index is -1.19. The number of hydrogen-bond acceptors (Lipinski definition) is 5. The fraction of sp³-hybridized carbons (Fsp3) is 0.304. The third-order valence-electron chi connectivity index (χ3n) is 5.75. The quantitative estimate of drug-likeness (QED) is 0.626. The number of rotatable bonds is 6. The molecule has 1 aliphatic heterocycles. The van der Waals surface area contributed by atoms with Gasteiger partial charge in [-0.15, -0.1) is 0 Å². The van der Waals surface area contributed by atoms with E-state index in [0.717, 1.165) is 22.3 Å². The number of carboxylic acid groups (broad SMARTS) is 1. The summed E-state index contributed by atoms with van der Waals surface area (Å²) in [4.78, 5) is 48.9. The summed E-state index contributed by atoms with van der Waals surface area (Å²) in [6, 6.07) is 14.8. The summed E-state index contributed by atoms with van der Waals surface area (Å²) in [7, 11) is 0. The van der Waals surface area contributed by atoms with Gasteiger partial charge in [-0.2, -0.15) is 0 Å². The van der Waals surface area contributed by atoms with Gasteiger partial charge < -0.3 is 25.4 Å². The highest BCUT2D eigenvalue weighted by Gasteiger charge is 2.35. The Morgan fingerprint density at radius 2 is 1.69 bits per heavy atom. The van der Waals surface area contributed by atoms with Crippen molar-refractivity contribution in [1.82, 2.24) is 15.5 Å². The van der Waals surface area contributed by atoms with E-state index in [1.807, 2.05) is 48.5 Å². The summed E-state index contributed by atoms with van der Waals surface area (Å²) in [5.41, 5.74) is 4.38. The van der Waals surface area contributed by atoms with Crippen LogP contribution in [0, 0.1) is 0 Å². The van der Waals surface area contributed by atoms with Crippen LogP contribution in [0.4, 0.5) is 4.79 Å². The molecule has 32 heavy (non-hydrogen) atoms. The Kier molecular flexibility index (Phi) is 6.07. The molecule has 3 amide bonds. The van der Waals surface area contributed by atoms with Crippen LogP contribution in [-0.4, -0.2) is 66.2 Å². The molecule has 4 rings (SSSR count). The van der Waals surface area contributed by atoms with Crippen LogP contribution in [0.25, 0.3) is 11.1 Å². The normalized spacial score (nSPS) is 17.2. The first-order chi connectivity index (χ1) is 15.5. The van der Waals surface area contributed by atoms with E-state index in [9.17, 15) is 19.2 Å². The number of piperazine rings is 1. The molecular formula is C23H23N3O6. The zero-order valence-corrected chi connectivity index (χ0v) is 17.2. The Balaban J connectivity index is 1.34. The van der Waals surface area contributed by atoms with Gasteiger partial charge in [-0.3, -0.25) is 14.4 Å². The van der Waals surface area contributed by atoms with E-state index < -0.39 is 36.3 Å². The van der Waals surface area contributed by atoms with Crippen LogP contribution in [0.3, 0.4) is 0 Å². The van der Waals surface area contributed by atoms with Crippen molar-refractivity contribution in [2.45, 2.75) is 18.4 Å². The lowest BCUT2D eigenvalue weighted by Gasteiger charge is -2.34. The van der Waals surface area contributed by atoms with Gasteiger partial charge in [0.2, 0.25) is 11.8 Å². The molecule has 1 unspecified atom stereocenters. The molecule has 1 saturated heterocycles. The molecule has 0 aromatic heterocycles. The highest BCUT2D eigenvalue weighted by Crippen LogP contribution is 2.44. The number of carbonyl (C=O) groups is 4. The maximum Gasteiger partial charge on any atom is 0.407 e. The van der Waals surface area contributed by atoms with E-state index in [1.54, 1.807) is 0 Å². The van der Waals surface area contributed by atoms with Crippen LogP contribution >= 0.6 is 0 Å². The number of carbonyl (C=O) groups excluding carboxylic acids is 3. The second-order valence-electron chi connectivity index (χ2n) is 7.67. The average molecular weight is 437 g/mol. The van der Waals surface area contributed by atoms with Gasteiger partial charge in [0.1, 0.15) is 19.2 Å². The van der Waals surface area contributed by atoms with Crippen molar-refractivity contribution in [3.05, 3.63) is 59.7 Å². The highest BCUT2D eigenvalue weighted by molar-refractivity contribution is 5.92. The number of fused-ring (bicyclic) bond motifs is 3. The Morgan fingerprint density at radius 1 is 1.06 bits per heavy atom. The van der Waals surface area contributed by atoms with Crippen molar-refractivity contribution in [2.75, 3.05) is 26.2 Å². The van der Waals surface area contributed by atoms with E-state index in [0.29, 0.717) is 0 Å². The van der Waals surface area contributed by atoms with Crippen molar-refractivity contribution in [1.29, 1.82) is 0 Å². The molecule has 1 fully saturated rings. The van der Waals surface area contributed by atoms with E-state index in [-0.39, 0.29) is 32.2 Å². The standard InChI is InChI=1S/C23H23N3O6/c27-20(26-10-9-24-22(30)19(26)11-21(28)29)12-25-23(31)32-13-18-16-7-3-1-5-14(16)15-6-2-4-8-17(15)18/h1-8,18-19H,9-13H2,(H,24,30)(H,25,31)(H,28,29). The van der Waals surface area contributed by atoms with E-state index in [2.05, 4.69) is 10.6 Å². The number of nitrogens with zero attached hydrogens (tertiary/aromatic N) is 1. The summed E-state index contributed by atoms with van der Waals surface area (Å²) in [5, 5.41) is 14.0. The van der Waals surface area contributed by atoms with Crippen molar-refractivity contribution < 1.29 is 29.0 Å². The third kappa shape index (κ3) is 4.27. The summed E-state index contributed by atoms with van der Waals surface area (Å²) in [5.74, 6) is -2.35. The van der Waals surface area contributed by atoms with Gasteiger partial charge in [-0.05, 0) is 22.3 Å². The molecule has 1 atom stereocenters. The molecule has 2 aliphatic rings. The number of nitrogens with one attached hydrogen (secondary N) is 2. The highest BCUT2D eigenvalue weighted by atomic mass is 16.5. The number of carboxylic acids is 1. The largest absolute Gasteiger partial charge is 0.481 e. The molecule has 1 heterocycles. The van der Waals surface area contributed by atoms with Gasteiger partial charge in [-0.1, -0.05) is 48.5 Å². The molecule has 0 spiro atoms. The molecule has 9 nitrogen and oxygen atoms in total. The molecule has 3 N–H and O–H groups in total. The summed E-state index contributed by atoms with van der Waals surface area (Å²) in [6.07, 6.45) is -1.25. The first-order valence-electron chi connectivity index (χ1n) is 10.3. The second kappa shape index (κ2) is 9.09. The zero-order valence-electron chi connectivity index (χ0n) is 17.2. The van der Waals surface area contributed by atoms with Gasteiger partial charge in [-0.25, -0.2) is 4.79 Å². The summed E-state index contributed by atoms with van der Waals surface area (Å²) < 4.78 is 5.40. The summed E-state index contributed by atoms with van der Waals surface area (Å²) >= 11 is 0. The third-order valence-corrected chi connectivity index (χ3v) is 5.75. The van der Waals surface area contributed by atoms with Crippen LogP contribution in [-0.2, 0) is 19.1 Å². The number of aliphatic carboxylic acids is 1. The zero-order chi connectivity index (χ0) is 22.7. The Labute approximate surface area is 184 Å². The maximum absolute atomic E-state index is 12.5. The summed E-state index contributed by atoms with van der Waals surface area (Å²) in [6.45, 7) is 0.127. The van der Waals surface area contributed by atoms with Crippen molar-refractivity contribution in [3.8, 4) is 11.1 Å². The number of benzene rings is 2. The Morgan fingerprint density at radius 3 is 2.31 bits per heavy atom. The predicted octanol–water partition coefficient (Wildman–Crippen LogP) is 1.33. The van der Waals surface area contributed by atoms with Crippen LogP contribution in [0.2, 0.25) is 0 Å². The molecule has 1 aliphatic carbocycles.